The minimum absolute atomic E-state index is 0.0291. The van der Waals surface area contributed by atoms with Gasteiger partial charge in [-0.2, -0.15) is 0 Å². The highest BCUT2D eigenvalue weighted by Crippen LogP contribution is 2.35. The van der Waals surface area contributed by atoms with Crippen LogP contribution in [-0.2, 0) is 6.42 Å². The molecule has 9 nitrogen and oxygen atoms in total. The highest BCUT2D eigenvalue weighted by molar-refractivity contribution is 5.99. The highest BCUT2D eigenvalue weighted by atomic mass is 16.5. The zero-order valence-electron chi connectivity index (χ0n) is 16.0. The lowest BCUT2D eigenvalue weighted by atomic mass is 10.0. The maximum atomic E-state index is 12.0. The number of ether oxygens (including phenoxy) is 1. The van der Waals surface area contributed by atoms with Crippen LogP contribution in [0.15, 0.2) is 39.4 Å². The topological polar surface area (TPSA) is 122 Å². The van der Waals surface area contributed by atoms with Crippen LogP contribution >= 0.6 is 0 Å². The number of carboxylic acids is 1. The predicted molar refractivity (Wildman–Crippen MR) is 102 cm³/mol. The molecule has 1 aromatic carbocycles. The van der Waals surface area contributed by atoms with Crippen molar-refractivity contribution in [3.8, 4) is 17.1 Å². The van der Waals surface area contributed by atoms with E-state index in [0.29, 0.717) is 30.0 Å². The second kappa shape index (κ2) is 7.59. The molecule has 2 atom stereocenters. The molecule has 2 N–H and O–H groups in total. The average molecular weight is 399 g/mol. The number of benzene rings is 1. The molecular weight excluding hydrogens is 378 g/mol. The lowest BCUT2D eigenvalue weighted by molar-refractivity contribution is 0.0697. The van der Waals surface area contributed by atoms with Crippen LogP contribution in [-0.4, -0.2) is 52.8 Å². The lowest BCUT2D eigenvalue weighted by Gasteiger charge is -2.15. The van der Waals surface area contributed by atoms with Gasteiger partial charge in [-0.1, -0.05) is 10.3 Å². The monoisotopic (exact) mass is 399 g/mol. The van der Waals surface area contributed by atoms with Crippen molar-refractivity contribution in [1.29, 1.82) is 0 Å². The third kappa shape index (κ3) is 3.68. The van der Waals surface area contributed by atoms with Gasteiger partial charge in [0.25, 0.3) is 0 Å². The maximum absolute atomic E-state index is 12.0. The van der Waals surface area contributed by atoms with Gasteiger partial charge in [0.15, 0.2) is 17.1 Å². The molecule has 3 aromatic rings. The summed E-state index contributed by atoms with van der Waals surface area (Å²) in [6.45, 7) is 2.52. The fourth-order valence-corrected chi connectivity index (χ4v) is 3.63. The summed E-state index contributed by atoms with van der Waals surface area (Å²) in [5.74, 6) is 0.433. The molecule has 0 radical (unpaired) electrons. The zero-order chi connectivity index (χ0) is 20.5. The molecule has 1 fully saturated rings. The van der Waals surface area contributed by atoms with Gasteiger partial charge in [-0.05, 0) is 31.2 Å². The first kappa shape index (κ1) is 19.0. The molecule has 0 spiro atoms. The van der Waals surface area contributed by atoms with Crippen LogP contribution < -0.4 is 9.64 Å². The molecule has 9 heteroatoms. The minimum atomic E-state index is -1.14. The number of aryl methyl sites for hydroxylation is 1. The normalized spacial score (nSPS) is 18.9. The van der Waals surface area contributed by atoms with Crippen LogP contribution in [0.25, 0.3) is 11.3 Å². The summed E-state index contributed by atoms with van der Waals surface area (Å²) in [7, 11) is 1.55. The molecule has 0 bridgehead atoms. The van der Waals surface area contributed by atoms with Crippen LogP contribution in [0.5, 0.6) is 5.75 Å². The first-order chi connectivity index (χ1) is 14.0. The second-order valence-electron chi connectivity index (χ2n) is 7.12. The minimum Gasteiger partial charge on any atom is -0.497 e. The summed E-state index contributed by atoms with van der Waals surface area (Å²) < 4.78 is 15.8. The Labute approximate surface area is 166 Å². The van der Waals surface area contributed by atoms with Crippen LogP contribution in [0.1, 0.15) is 21.8 Å². The molecule has 1 aliphatic rings. The zero-order valence-corrected chi connectivity index (χ0v) is 16.0. The smallest absolute Gasteiger partial charge is 0.343 e. The quantitative estimate of drug-likeness (QED) is 0.643. The molecule has 2 aromatic heterocycles. The highest BCUT2D eigenvalue weighted by Gasteiger charge is 2.37. The van der Waals surface area contributed by atoms with Crippen LogP contribution in [0.3, 0.4) is 0 Å². The number of aliphatic hydroxyl groups excluding tert-OH is 1. The number of nitrogens with zero attached hydrogens (tertiary/aromatic N) is 3. The van der Waals surface area contributed by atoms with E-state index < -0.39 is 12.1 Å². The van der Waals surface area contributed by atoms with E-state index in [4.69, 9.17) is 13.8 Å². The number of hydrogen-bond donors (Lipinski definition) is 2. The Bertz CT molecular complexity index is 1010. The number of carbonyl (C=O) groups is 1. The SMILES string of the molecule is COc1ccc(-c2onc(N3C[C@@H](Cc4cc(C)no4)[C@H](O)C3)c2C(=O)O)cc1. The molecule has 1 aliphatic heterocycles. The van der Waals surface area contributed by atoms with E-state index in [-0.39, 0.29) is 29.6 Å². The van der Waals surface area contributed by atoms with E-state index >= 15 is 0 Å². The Morgan fingerprint density at radius 3 is 2.62 bits per heavy atom. The van der Waals surface area contributed by atoms with Gasteiger partial charge in [-0.3, -0.25) is 0 Å². The molecule has 0 amide bonds. The molecule has 0 aliphatic carbocycles. The lowest BCUT2D eigenvalue weighted by Crippen LogP contribution is -2.23. The molecule has 0 saturated carbocycles. The summed E-state index contributed by atoms with van der Waals surface area (Å²) in [5.41, 5.74) is 1.33. The Morgan fingerprint density at radius 2 is 2.00 bits per heavy atom. The number of anilines is 1. The summed E-state index contributed by atoms with van der Waals surface area (Å²) in [4.78, 5) is 13.7. The molecule has 0 unspecified atom stereocenters. The van der Waals surface area contributed by atoms with Crippen LogP contribution in [0, 0.1) is 12.8 Å². The number of methoxy groups -OCH3 is 1. The fraction of sp³-hybridized carbons (Fsp3) is 0.350. The molecule has 29 heavy (non-hydrogen) atoms. The van der Waals surface area contributed by atoms with Gasteiger partial charge in [0, 0.05) is 37.1 Å². The molecule has 1 saturated heterocycles. The number of rotatable bonds is 6. The van der Waals surface area contributed by atoms with Gasteiger partial charge in [0.2, 0.25) is 0 Å². The van der Waals surface area contributed by atoms with Gasteiger partial charge in [0.1, 0.15) is 11.5 Å². The molecule has 3 heterocycles. The Kier molecular flexibility index (Phi) is 4.98. The fourth-order valence-electron chi connectivity index (χ4n) is 3.63. The summed E-state index contributed by atoms with van der Waals surface area (Å²) in [6.07, 6.45) is -0.146. The number of aliphatic hydroxyl groups is 1. The Morgan fingerprint density at radius 1 is 1.24 bits per heavy atom. The third-order valence-corrected chi connectivity index (χ3v) is 5.09. The number of aromatic nitrogens is 2. The second-order valence-corrected chi connectivity index (χ2v) is 7.12. The van der Waals surface area contributed by atoms with E-state index in [0.717, 1.165) is 5.69 Å². The largest absolute Gasteiger partial charge is 0.497 e. The van der Waals surface area contributed by atoms with Crippen molar-refractivity contribution in [3.63, 3.8) is 0 Å². The van der Waals surface area contributed by atoms with Crippen molar-refractivity contribution in [2.75, 3.05) is 25.1 Å². The van der Waals surface area contributed by atoms with Gasteiger partial charge in [-0.15, -0.1) is 0 Å². The Hall–Kier alpha value is -3.33. The van der Waals surface area contributed by atoms with Crippen molar-refractivity contribution in [2.24, 2.45) is 5.92 Å². The first-order valence-corrected chi connectivity index (χ1v) is 9.19. The molecule has 4 rings (SSSR count). The van der Waals surface area contributed by atoms with E-state index in [2.05, 4.69) is 10.3 Å². The third-order valence-electron chi connectivity index (χ3n) is 5.09. The standard InChI is InChI=1S/C20H21N3O6/c1-11-7-15(28-21-11)8-13-9-23(10-16(13)24)19-17(20(25)26)18(29-22-19)12-3-5-14(27-2)6-4-12/h3-7,13,16,24H,8-10H2,1-2H3,(H,25,26)/t13-,16-/m1/s1. The van der Waals surface area contributed by atoms with Crippen LogP contribution in [0.4, 0.5) is 5.82 Å². The van der Waals surface area contributed by atoms with Crippen molar-refractivity contribution in [1.82, 2.24) is 10.3 Å². The van der Waals surface area contributed by atoms with Crippen molar-refractivity contribution in [2.45, 2.75) is 19.4 Å². The maximum Gasteiger partial charge on any atom is 0.343 e. The molecular formula is C20H21N3O6. The number of carboxylic acid groups (broad SMARTS) is 1. The van der Waals surface area contributed by atoms with Crippen LogP contribution in [0.2, 0.25) is 0 Å². The van der Waals surface area contributed by atoms with Gasteiger partial charge in [-0.25, -0.2) is 4.79 Å². The predicted octanol–water partition coefficient (Wildman–Crippen LogP) is 2.38. The molecule has 152 valence electrons. The van der Waals surface area contributed by atoms with Crippen molar-refractivity contribution >= 4 is 11.8 Å². The van der Waals surface area contributed by atoms with Gasteiger partial charge >= 0.3 is 5.97 Å². The summed E-state index contributed by atoms with van der Waals surface area (Å²) >= 11 is 0. The first-order valence-electron chi connectivity index (χ1n) is 9.19. The van der Waals surface area contributed by atoms with Gasteiger partial charge < -0.3 is 28.9 Å². The van der Waals surface area contributed by atoms with Crippen molar-refractivity contribution < 1.29 is 28.8 Å². The average Bonchev–Trinajstić information content (AvgIpc) is 3.41. The van der Waals surface area contributed by atoms with Gasteiger partial charge in [0.05, 0.1) is 18.9 Å². The van der Waals surface area contributed by atoms with Crippen molar-refractivity contribution in [3.05, 3.63) is 47.3 Å². The number of aromatic carboxylic acids is 1. The van der Waals surface area contributed by atoms with E-state index in [1.54, 1.807) is 36.3 Å². The number of β-amino-alcohol motifs (C(OH)–C–C–N with tert-alkyl or cyclic N) is 1. The summed E-state index contributed by atoms with van der Waals surface area (Å²) in [6, 6.07) is 8.69. The van der Waals surface area contributed by atoms with E-state index in [9.17, 15) is 15.0 Å². The van der Waals surface area contributed by atoms with E-state index in [1.807, 2.05) is 13.0 Å². The number of hydrogen-bond acceptors (Lipinski definition) is 8. The van der Waals surface area contributed by atoms with E-state index in [1.165, 1.54) is 0 Å². The summed E-state index contributed by atoms with van der Waals surface area (Å²) in [5, 5.41) is 28.1. The Balaban J connectivity index is 1.59.